The van der Waals surface area contributed by atoms with Gasteiger partial charge in [-0.1, -0.05) is 54.6 Å². The lowest BCUT2D eigenvalue weighted by Crippen LogP contribution is -2.00. The van der Waals surface area contributed by atoms with Crippen LogP contribution in [0.25, 0.3) is 56.5 Å². The predicted octanol–water partition coefficient (Wildman–Crippen LogP) is 6.49. The van der Waals surface area contributed by atoms with Gasteiger partial charge in [0.25, 0.3) is 0 Å². The van der Waals surface area contributed by atoms with E-state index < -0.39 is 0 Å². The molecule has 4 aromatic heterocycles. The highest BCUT2D eigenvalue weighted by molar-refractivity contribution is 5.83. The lowest BCUT2D eigenvalue weighted by molar-refractivity contribution is 1.07. The number of para-hydroxylation sites is 2. The van der Waals surface area contributed by atoms with Crippen LogP contribution in [0, 0.1) is 0 Å². The number of fused-ring (bicyclic) bond motifs is 2. The van der Waals surface area contributed by atoms with Gasteiger partial charge in [-0.15, -0.1) is 0 Å². The molecule has 4 heterocycles. The molecule has 0 aliphatic heterocycles. The Hall–Kier alpha value is -5.10. The maximum Gasteiger partial charge on any atom is 0.164 e. The summed E-state index contributed by atoms with van der Waals surface area (Å²) in [6.07, 6.45) is 3.61. The van der Waals surface area contributed by atoms with E-state index in [-0.39, 0.29) is 0 Å². The maximum absolute atomic E-state index is 4.98. The molecule has 0 saturated heterocycles. The first kappa shape index (κ1) is 20.3. The second kappa shape index (κ2) is 8.29. The number of pyridine rings is 2. The molecular formula is C30H20N6. The van der Waals surface area contributed by atoms with E-state index in [2.05, 4.69) is 67.6 Å². The van der Waals surface area contributed by atoms with Crippen molar-refractivity contribution in [3.05, 3.63) is 122 Å². The van der Waals surface area contributed by atoms with Crippen molar-refractivity contribution in [2.75, 3.05) is 0 Å². The second-order valence-corrected chi connectivity index (χ2v) is 8.49. The van der Waals surface area contributed by atoms with Crippen LogP contribution in [0.2, 0.25) is 0 Å². The molecule has 3 aromatic carbocycles. The average molecular weight is 465 g/mol. The van der Waals surface area contributed by atoms with E-state index in [1.165, 1.54) is 0 Å². The van der Waals surface area contributed by atoms with Gasteiger partial charge in [-0.25, -0.2) is 19.9 Å². The molecule has 0 spiro atoms. The monoisotopic (exact) mass is 464 g/mol. The van der Waals surface area contributed by atoms with Crippen LogP contribution in [0.4, 0.5) is 0 Å². The maximum atomic E-state index is 4.98. The number of benzene rings is 3. The molecule has 7 aromatic rings. The molecule has 6 nitrogen and oxygen atoms in total. The summed E-state index contributed by atoms with van der Waals surface area (Å²) in [5.74, 6) is 1.66. The standard InChI is InChI=1S/C30H20N6/c1-3-12-23(13-4-1)35-27(33-25-16-8-18-31-29(25)35)21-10-7-11-22(20-21)28-34-26-17-9-19-32-30(26)36(28)24-14-5-2-6-15-24/h1-20H. The van der Waals surface area contributed by atoms with E-state index in [1.807, 2.05) is 60.7 Å². The third-order valence-corrected chi connectivity index (χ3v) is 6.24. The molecule has 0 radical (unpaired) electrons. The molecule has 0 aliphatic carbocycles. The highest BCUT2D eigenvalue weighted by atomic mass is 15.1. The third kappa shape index (κ3) is 3.27. The molecule has 0 bridgehead atoms. The minimum atomic E-state index is 0.824. The van der Waals surface area contributed by atoms with Gasteiger partial charge in [0.1, 0.15) is 22.7 Å². The molecule has 0 N–H and O–H groups in total. The van der Waals surface area contributed by atoms with Gasteiger partial charge >= 0.3 is 0 Å². The van der Waals surface area contributed by atoms with E-state index >= 15 is 0 Å². The average Bonchev–Trinajstić information content (AvgIpc) is 3.53. The van der Waals surface area contributed by atoms with Crippen LogP contribution in [0.15, 0.2) is 122 Å². The fourth-order valence-electron chi connectivity index (χ4n) is 4.65. The zero-order valence-electron chi connectivity index (χ0n) is 19.2. The van der Waals surface area contributed by atoms with Gasteiger partial charge in [0.05, 0.1) is 0 Å². The lowest BCUT2D eigenvalue weighted by Gasteiger charge is -2.11. The van der Waals surface area contributed by atoms with E-state index in [0.717, 1.165) is 56.5 Å². The van der Waals surface area contributed by atoms with Crippen LogP contribution in [0.1, 0.15) is 0 Å². The summed E-state index contributed by atoms with van der Waals surface area (Å²) in [6, 6.07) is 36.6. The minimum absolute atomic E-state index is 0.824. The number of hydrogen-bond acceptors (Lipinski definition) is 4. The van der Waals surface area contributed by atoms with Gasteiger partial charge in [-0.3, -0.25) is 9.13 Å². The van der Waals surface area contributed by atoms with Gasteiger partial charge < -0.3 is 0 Å². The Morgan fingerprint density at radius 3 is 1.39 bits per heavy atom. The van der Waals surface area contributed by atoms with Gasteiger partial charge in [0.15, 0.2) is 11.3 Å². The summed E-state index contributed by atoms with van der Waals surface area (Å²) in [6.45, 7) is 0. The van der Waals surface area contributed by atoms with Crippen LogP contribution < -0.4 is 0 Å². The number of imidazole rings is 2. The van der Waals surface area contributed by atoms with Crippen LogP contribution in [-0.2, 0) is 0 Å². The smallest absolute Gasteiger partial charge is 0.164 e. The summed E-state index contributed by atoms with van der Waals surface area (Å²) < 4.78 is 4.21. The van der Waals surface area contributed by atoms with Gasteiger partial charge in [-0.2, -0.15) is 0 Å². The van der Waals surface area contributed by atoms with Crippen LogP contribution >= 0.6 is 0 Å². The molecule has 6 heteroatoms. The molecule has 7 rings (SSSR count). The summed E-state index contributed by atoms with van der Waals surface area (Å²) in [5.41, 5.74) is 7.34. The first-order chi connectivity index (χ1) is 17.9. The molecule has 0 unspecified atom stereocenters. The minimum Gasteiger partial charge on any atom is -0.277 e. The quantitative estimate of drug-likeness (QED) is 0.299. The topological polar surface area (TPSA) is 61.4 Å². The van der Waals surface area contributed by atoms with Crippen molar-refractivity contribution in [2.45, 2.75) is 0 Å². The predicted molar refractivity (Wildman–Crippen MR) is 142 cm³/mol. The Morgan fingerprint density at radius 1 is 0.444 bits per heavy atom. The molecule has 0 fully saturated rings. The highest BCUT2D eigenvalue weighted by Gasteiger charge is 2.18. The van der Waals surface area contributed by atoms with Crippen molar-refractivity contribution in [3.63, 3.8) is 0 Å². The second-order valence-electron chi connectivity index (χ2n) is 8.49. The molecule has 36 heavy (non-hydrogen) atoms. The molecular weight excluding hydrogens is 444 g/mol. The van der Waals surface area contributed by atoms with Crippen molar-refractivity contribution in [1.82, 2.24) is 29.1 Å². The van der Waals surface area contributed by atoms with Crippen molar-refractivity contribution in [3.8, 4) is 34.2 Å². The molecule has 0 amide bonds. The van der Waals surface area contributed by atoms with Crippen molar-refractivity contribution in [2.24, 2.45) is 0 Å². The van der Waals surface area contributed by atoms with Crippen molar-refractivity contribution < 1.29 is 0 Å². The number of nitrogens with zero attached hydrogens (tertiary/aromatic N) is 6. The Kier molecular flexibility index (Phi) is 4.67. The number of rotatable bonds is 4. The Morgan fingerprint density at radius 2 is 0.917 bits per heavy atom. The molecule has 170 valence electrons. The SMILES string of the molecule is c1ccc(-n2c(-c3cccc(-c4nc5cccnc5n4-c4ccccc4)c3)nc3cccnc32)cc1. The summed E-state index contributed by atoms with van der Waals surface area (Å²) in [4.78, 5) is 19.2. The Balaban J connectivity index is 1.46. The highest BCUT2D eigenvalue weighted by Crippen LogP contribution is 2.32. The van der Waals surface area contributed by atoms with Crippen LogP contribution in [-0.4, -0.2) is 29.1 Å². The van der Waals surface area contributed by atoms with E-state index in [9.17, 15) is 0 Å². The third-order valence-electron chi connectivity index (χ3n) is 6.24. The van der Waals surface area contributed by atoms with Crippen LogP contribution in [0.5, 0.6) is 0 Å². The van der Waals surface area contributed by atoms with Crippen molar-refractivity contribution in [1.29, 1.82) is 0 Å². The number of aromatic nitrogens is 6. The summed E-state index contributed by atoms with van der Waals surface area (Å²) >= 11 is 0. The van der Waals surface area contributed by atoms with E-state index in [1.54, 1.807) is 12.4 Å². The molecule has 0 aliphatic rings. The number of hydrogen-bond donors (Lipinski definition) is 0. The summed E-state index contributed by atoms with van der Waals surface area (Å²) in [7, 11) is 0. The van der Waals surface area contributed by atoms with Gasteiger partial charge in [-0.05, 0) is 54.6 Å². The van der Waals surface area contributed by atoms with Crippen molar-refractivity contribution >= 4 is 22.3 Å². The largest absolute Gasteiger partial charge is 0.277 e. The Bertz CT molecular complexity index is 1700. The van der Waals surface area contributed by atoms with Gasteiger partial charge in [0, 0.05) is 34.9 Å². The van der Waals surface area contributed by atoms with E-state index in [0.29, 0.717) is 0 Å². The van der Waals surface area contributed by atoms with Gasteiger partial charge in [0.2, 0.25) is 0 Å². The lowest BCUT2D eigenvalue weighted by atomic mass is 10.1. The van der Waals surface area contributed by atoms with E-state index in [4.69, 9.17) is 9.97 Å². The molecule has 0 atom stereocenters. The Labute approximate surface area is 207 Å². The molecule has 0 saturated carbocycles. The summed E-state index contributed by atoms with van der Waals surface area (Å²) in [5, 5.41) is 0. The fraction of sp³-hybridized carbons (Fsp3) is 0. The normalized spacial score (nSPS) is 11.3. The fourth-order valence-corrected chi connectivity index (χ4v) is 4.65. The zero-order chi connectivity index (χ0) is 23.9. The van der Waals surface area contributed by atoms with Crippen LogP contribution in [0.3, 0.4) is 0 Å². The first-order valence-electron chi connectivity index (χ1n) is 11.8. The first-order valence-corrected chi connectivity index (χ1v) is 11.8. The zero-order valence-corrected chi connectivity index (χ0v) is 19.2.